The highest BCUT2D eigenvalue weighted by Gasteiger charge is 2.12. The van der Waals surface area contributed by atoms with Crippen LogP contribution in [0.3, 0.4) is 0 Å². The van der Waals surface area contributed by atoms with E-state index >= 15 is 0 Å². The summed E-state index contributed by atoms with van der Waals surface area (Å²) in [6.45, 7) is 0. The Morgan fingerprint density at radius 1 is 0.625 bits per heavy atom. The minimum absolute atomic E-state index is 0.354. The Kier molecular flexibility index (Phi) is 4.68. The number of hydrogen-bond donors (Lipinski definition) is 1. The van der Waals surface area contributed by atoms with Crippen LogP contribution in [0.5, 0.6) is 11.5 Å². The van der Waals surface area contributed by atoms with Gasteiger partial charge in [0.15, 0.2) is 0 Å². The number of ether oxygens (including phenoxy) is 1. The first-order valence-electron chi connectivity index (χ1n) is 7.46. The summed E-state index contributed by atoms with van der Waals surface area (Å²) in [5.41, 5.74) is 0.787. The minimum Gasteiger partial charge on any atom is -0.457 e. The van der Waals surface area contributed by atoms with E-state index in [9.17, 15) is 9.59 Å². The Morgan fingerprint density at radius 3 is 1.88 bits per heavy atom. The van der Waals surface area contributed by atoms with Crippen molar-refractivity contribution in [2.75, 3.05) is 0 Å². The zero-order valence-electron chi connectivity index (χ0n) is 12.8. The first-order valence-corrected chi connectivity index (χ1v) is 7.46. The van der Waals surface area contributed by atoms with Gasteiger partial charge >= 0.3 is 0 Å². The van der Waals surface area contributed by atoms with Gasteiger partial charge in [-0.25, -0.2) is 0 Å². The van der Waals surface area contributed by atoms with Crippen LogP contribution in [0.25, 0.3) is 0 Å². The summed E-state index contributed by atoms with van der Waals surface area (Å²) < 4.78 is 5.69. The second kappa shape index (κ2) is 7.24. The fourth-order valence-electron chi connectivity index (χ4n) is 2.16. The Balaban J connectivity index is 1.71. The summed E-state index contributed by atoms with van der Waals surface area (Å²) in [7, 11) is 0. The lowest BCUT2D eigenvalue weighted by Crippen LogP contribution is -2.30. The van der Waals surface area contributed by atoms with Crippen molar-refractivity contribution in [3.63, 3.8) is 0 Å². The first kappa shape index (κ1) is 15.5. The molecular formula is C20H15NO3. The number of nitrogens with one attached hydrogen (secondary N) is 1. The molecule has 0 heterocycles. The molecule has 4 heteroatoms. The number of benzene rings is 3. The number of amides is 2. The van der Waals surface area contributed by atoms with E-state index in [0.29, 0.717) is 22.6 Å². The van der Waals surface area contributed by atoms with Gasteiger partial charge in [-0.15, -0.1) is 0 Å². The van der Waals surface area contributed by atoms with Crippen LogP contribution in [0.4, 0.5) is 0 Å². The van der Waals surface area contributed by atoms with Crippen molar-refractivity contribution in [3.8, 4) is 11.5 Å². The molecule has 1 N–H and O–H groups in total. The maximum Gasteiger partial charge on any atom is 0.258 e. The molecule has 0 saturated heterocycles. The maximum atomic E-state index is 12.2. The zero-order chi connectivity index (χ0) is 16.8. The first-order chi connectivity index (χ1) is 11.7. The minimum atomic E-state index is -0.470. The molecule has 24 heavy (non-hydrogen) atoms. The Bertz CT molecular complexity index is 845. The zero-order valence-corrected chi connectivity index (χ0v) is 12.8. The number of imide groups is 1. The summed E-state index contributed by atoms with van der Waals surface area (Å²) >= 11 is 0. The largest absolute Gasteiger partial charge is 0.457 e. The standard InChI is InChI=1S/C20H15NO3/c22-19(15-8-3-1-4-9-15)21-20(23)16-10-7-13-18(14-16)24-17-11-5-2-6-12-17/h1-14H,(H,21,22,23). The third kappa shape index (κ3) is 3.87. The highest BCUT2D eigenvalue weighted by molar-refractivity contribution is 6.10. The average Bonchev–Trinajstić information content (AvgIpc) is 2.63. The van der Waals surface area contributed by atoms with Crippen molar-refractivity contribution < 1.29 is 14.3 Å². The van der Waals surface area contributed by atoms with Crippen LogP contribution >= 0.6 is 0 Å². The van der Waals surface area contributed by atoms with Crippen molar-refractivity contribution in [1.29, 1.82) is 0 Å². The molecule has 0 spiro atoms. The van der Waals surface area contributed by atoms with E-state index in [4.69, 9.17) is 4.74 Å². The molecule has 0 aliphatic heterocycles. The van der Waals surface area contributed by atoms with Gasteiger partial charge < -0.3 is 4.74 Å². The van der Waals surface area contributed by atoms with Gasteiger partial charge in [-0.3, -0.25) is 14.9 Å². The number of carbonyl (C=O) groups excluding carboxylic acids is 2. The van der Waals surface area contributed by atoms with Gasteiger partial charge in [0.2, 0.25) is 0 Å². The van der Waals surface area contributed by atoms with E-state index in [-0.39, 0.29) is 0 Å². The summed E-state index contributed by atoms with van der Waals surface area (Å²) in [6, 6.07) is 24.6. The highest BCUT2D eigenvalue weighted by atomic mass is 16.5. The molecule has 0 aliphatic carbocycles. The molecule has 0 aliphatic rings. The van der Waals surface area contributed by atoms with Gasteiger partial charge in [-0.05, 0) is 42.5 Å². The van der Waals surface area contributed by atoms with Crippen LogP contribution < -0.4 is 10.1 Å². The summed E-state index contributed by atoms with van der Waals surface area (Å²) in [5.74, 6) is 0.300. The Labute approximate surface area is 139 Å². The third-order valence-electron chi connectivity index (χ3n) is 3.34. The van der Waals surface area contributed by atoms with E-state index in [1.165, 1.54) is 0 Å². The van der Waals surface area contributed by atoms with Crippen molar-refractivity contribution in [2.24, 2.45) is 0 Å². The second-order valence-corrected chi connectivity index (χ2v) is 5.09. The fraction of sp³-hybridized carbons (Fsp3) is 0. The predicted octanol–water partition coefficient (Wildman–Crippen LogP) is 4.05. The normalized spacial score (nSPS) is 10.0. The van der Waals surface area contributed by atoms with Gasteiger partial charge in [-0.2, -0.15) is 0 Å². The fourth-order valence-corrected chi connectivity index (χ4v) is 2.16. The molecule has 118 valence electrons. The molecule has 0 saturated carbocycles. The quantitative estimate of drug-likeness (QED) is 0.739. The SMILES string of the molecule is O=C(NC(=O)c1cccc(Oc2ccccc2)c1)c1ccccc1. The number of hydrogen-bond acceptors (Lipinski definition) is 3. The van der Waals surface area contributed by atoms with Crippen LogP contribution in [0.2, 0.25) is 0 Å². The topological polar surface area (TPSA) is 55.4 Å². The smallest absolute Gasteiger partial charge is 0.258 e. The van der Waals surface area contributed by atoms with Crippen LogP contribution in [0, 0.1) is 0 Å². The van der Waals surface area contributed by atoms with Crippen molar-refractivity contribution in [2.45, 2.75) is 0 Å². The molecule has 0 aromatic heterocycles. The van der Waals surface area contributed by atoms with Gasteiger partial charge in [0, 0.05) is 11.1 Å². The molecule has 4 nitrogen and oxygen atoms in total. The van der Waals surface area contributed by atoms with Crippen LogP contribution in [0.15, 0.2) is 84.9 Å². The average molecular weight is 317 g/mol. The number of para-hydroxylation sites is 1. The number of rotatable bonds is 4. The molecule has 0 unspecified atom stereocenters. The summed E-state index contributed by atoms with van der Waals surface area (Å²) in [4.78, 5) is 24.3. The van der Waals surface area contributed by atoms with Gasteiger partial charge in [0.05, 0.1) is 0 Å². The second-order valence-electron chi connectivity index (χ2n) is 5.09. The molecule has 0 atom stereocenters. The predicted molar refractivity (Wildman–Crippen MR) is 91.2 cm³/mol. The summed E-state index contributed by atoms with van der Waals surface area (Å²) in [6.07, 6.45) is 0. The van der Waals surface area contributed by atoms with E-state index in [0.717, 1.165) is 0 Å². The molecular weight excluding hydrogens is 302 g/mol. The molecule has 0 bridgehead atoms. The van der Waals surface area contributed by atoms with Crippen LogP contribution in [0.1, 0.15) is 20.7 Å². The summed E-state index contributed by atoms with van der Waals surface area (Å²) in [5, 5.41) is 2.37. The molecule has 3 aromatic rings. The molecule has 2 amide bonds. The van der Waals surface area contributed by atoms with E-state index in [1.807, 2.05) is 36.4 Å². The molecule has 3 aromatic carbocycles. The molecule has 0 radical (unpaired) electrons. The lowest BCUT2D eigenvalue weighted by atomic mass is 10.1. The molecule has 0 fully saturated rings. The van der Waals surface area contributed by atoms with Crippen molar-refractivity contribution >= 4 is 11.8 Å². The third-order valence-corrected chi connectivity index (χ3v) is 3.34. The Morgan fingerprint density at radius 2 is 1.17 bits per heavy atom. The van der Waals surface area contributed by atoms with Gasteiger partial charge in [-0.1, -0.05) is 42.5 Å². The van der Waals surface area contributed by atoms with Crippen LogP contribution in [-0.4, -0.2) is 11.8 Å². The lowest BCUT2D eigenvalue weighted by molar-refractivity contribution is 0.0849. The van der Waals surface area contributed by atoms with Gasteiger partial charge in [0.25, 0.3) is 11.8 Å². The van der Waals surface area contributed by atoms with E-state index < -0.39 is 11.8 Å². The lowest BCUT2D eigenvalue weighted by Gasteiger charge is -2.08. The van der Waals surface area contributed by atoms with Crippen molar-refractivity contribution in [1.82, 2.24) is 5.32 Å². The Hall–Kier alpha value is -3.40. The monoisotopic (exact) mass is 317 g/mol. The maximum absolute atomic E-state index is 12.2. The highest BCUT2D eigenvalue weighted by Crippen LogP contribution is 2.21. The van der Waals surface area contributed by atoms with Gasteiger partial charge in [0.1, 0.15) is 11.5 Å². The van der Waals surface area contributed by atoms with E-state index in [1.54, 1.807) is 48.5 Å². The molecule has 3 rings (SSSR count). The van der Waals surface area contributed by atoms with Crippen molar-refractivity contribution in [3.05, 3.63) is 96.1 Å². The number of carbonyl (C=O) groups is 2. The van der Waals surface area contributed by atoms with E-state index in [2.05, 4.69) is 5.32 Å². The van der Waals surface area contributed by atoms with Crippen LogP contribution in [-0.2, 0) is 0 Å².